The van der Waals surface area contributed by atoms with Crippen LogP contribution in [0.5, 0.6) is 0 Å². The number of aliphatic hydroxyl groups is 1. The normalized spacial score (nSPS) is 39.5. The maximum atomic E-state index is 11.5. The molecule has 4 heteroatoms. The quantitative estimate of drug-likeness (QED) is 0.459. The van der Waals surface area contributed by atoms with E-state index in [1.165, 1.54) is 22.3 Å². The lowest BCUT2D eigenvalue weighted by Gasteiger charge is -2.57. The third-order valence-corrected chi connectivity index (χ3v) is 11.1. The average molecular weight is 489 g/mol. The van der Waals surface area contributed by atoms with E-state index < -0.39 is 5.60 Å². The Bertz CT molecular complexity index is 1170. The second-order valence-corrected chi connectivity index (χ2v) is 12.8. The summed E-state index contributed by atoms with van der Waals surface area (Å²) in [6, 6.07) is 11.6. The second-order valence-electron chi connectivity index (χ2n) is 12.0. The molecule has 1 aromatic carbocycles. The fourth-order valence-electron chi connectivity index (χ4n) is 8.34. The van der Waals surface area contributed by atoms with Crippen LogP contribution in [-0.4, -0.2) is 29.7 Å². The number of hydrogen-bond donors (Lipinski definition) is 1. The van der Waals surface area contributed by atoms with Crippen molar-refractivity contribution in [2.45, 2.75) is 69.7 Å². The highest BCUT2D eigenvalue weighted by molar-refractivity contribution is 7.08. The Morgan fingerprint density at radius 3 is 2.49 bits per heavy atom. The van der Waals surface area contributed by atoms with Gasteiger partial charge >= 0.3 is 0 Å². The molecular formula is C31H36O3S. The Labute approximate surface area is 212 Å². The first-order chi connectivity index (χ1) is 16.9. The predicted molar refractivity (Wildman–Crippen MR) is 140 cm³/mol. The molecule has 2 heterocycles. The number of benzene rings is 1. The van der Waals surface area contributed by atoms with Crippen molar-refractivity contribution in [1.29, 1.82) is 0 Å². The van der Waals surface area contributed by atoms with E-state index in [2.05, 4.69) is 67.1 Å². The van der Waals surface area contributed by atoms with Crippen molar-refractivity contribution in [1.82, 2.24) is 0 Å². The van der Waals surface area contributed by atoms with Crippen LogP contribution < -0.4 is 0 Å². The Morgan fingerprint density at radius 1 is 0.943 bits per heavy atom. The Hall–Kier alpha value is -1.72. The van der Waals surface area contributed by atoms with Gasteiger partial charge in [-0.25, -0.2) is 0 Å². The molecule has 1 spiro atoms. The number of thiophene rings is 1. The van der Waals surface area contributed by atoms with E-state index >= 15 is 0 Å². The van der Waals surface area contributed by atoms with Crippen molar-refractivity contribution in [3.63, 3.8) is 0 Å². The molecule has 1 saturated heterocycles. The summed E-state index contributed by atoms with van der Waals surface area (Å²) in [5.41, 5.74) is 6.29. The van der Waals surface area contributed by atoms with E-state index in [4.69, 9.17) is 9.47 Å². The lowest BCUT2D eigenvalue weighted by Crippen LogP contribution is -2.52. The molecular weight excluding hydrogens is 452 g/mol. The molecule has 4 aliphatic carbocycles. The molecule has 5 aliphatic rings. The molecule has 35 heavy (non-hydrogen) atoms. The first-order valence-electron chi connectivity index (χ1n) is 13.4. The molecule has 2 saturated carbocycles. The van der Waals surface area contributed by atoms with Gasteiger partial charge in [0.25, 0.3) is 0 Å². The molecule has 1 aromatic heterocycles. The molecule has 0 unspecified atom stereocenters. The van der Waals surface area contributed by atoms with Gasteiger partial charge < -0.3 is 14.6 Å². The average Bonchev–Trinajstić information content (AvgIpc) is 3.60. The van der Waals surface area contributed by atoms with Crippen molar-refractivity contribution in [3.05, 3.63) is 70.0 Å². The van der Waals surface area contributed by atoms with Crippen LogP contribution in [0.2, 0.25) is 0 Å². The zero-order chi connectivity index (χ0) is 23.8. The minimum absolute atomic E-state index is 0.163. The summed E-state index contributed by atoms with van der Waals surface area (Å²) in [4.78, 5) is 0. The molecule has 7 rings (SSSR count). The third-order valence-electron chi connectivity index (χ3n) is 10.4. The smallest absolute Gasteiger partial charge is 0.172 e. The van der Waals surface area contributed by atoms with Gasteiger partial charge in [-0.2, -0.15) is 11.3 Å². The van der Waals surface area contributed by atoms with Crippen LogP contribution >= 0.6 is 11.3 Å². The third kappa shape index (κ3) is 3.33. The number of ether oxygens (including phenoxy) is 2. The van der Waals surface area contributed by atoms with E-state index in [0.717, 1.165) is 51.7 Å². The van der Waals surface area contributed by atoms with Crippen LogP contribution in [0.25, 0.3) is 11.1 Å². The molecule has 1 N–H and O–H groups in total. The monoisotopic (exact) mass is 488 g/mol. The fourth-order valence-corrected chi connectivity index (χ4v) is 9.01. The van der Waals surface area contributed by atoms with Gasteiger partial charge in [0, 0.05) is 18.3 Å². The lowest BCUT2D eigenvalue weighted by molar-refractivity contribution is -0.175. The van der Waals surface area contributed by atoms with E-state index in [-0.39, 0.29) is 11.2 Å². The highest BCUT2D eigenvalue weighted by Gasteiger charge is 2.60. The standard InChI is InChI=1S/C31H36O3S/c1-29-18-26(21-5-3-20(4-6-21)23-11-16-35-19-23)28-24-9-13-31(33-14-15-34-31)17-22(24)7-8-25(28)27(29)10-12-30(29,2)32/h3-7,10-11,16,19,24-26,28,32H,8-9,12-15,17-18H2,1-2H3/t24-,25-,26+,28+,29-,30-/m0/s1. The van der Waals surface area contributed by atoms with Crippen molar-refractivity contribution in [3.8, 4) is 11.1 Å². The molecule has 0 bridgehead atoms. The lowest BCUT2D eigenvalue weighted by atomic mass is 9.48. The van der Waals surface area contributed by atoms with E-state index in [9.17, 15) is 5.11 Å². The molecule has 3 fully saturated rings. The number of allylic oxidation sites excluding steroid dienone is 1. The molecule has 6 atom stereocenters. The van der Waals surface area contributed by atoms with E-state index in [1.54, 1.807) is 16.9 Å². The van der Waals surface area contributed by atoms with Crippen molar-refractivity contribution in [2.75, 3.05) is 13.2 Å². The van der Waals surface area contributed by atoms with Gasteiger partial charge in [0.2, 0.25) is 0 Å². The molecule has 2 aromatic rings. The van der Waals surface area contributed by atoms with Gasteiger partial charge in [-0.05, 0) is 89.8 Å². The highest BCUT2D eigenvalue weighted by atomic mass is 32.1. The van der Waals surface area contributed by atoms with E-state index in [0.29, 0.717) is 23.7 Å². The summed E-state index contributed by atoms with van der Waals surface area (Å²) in [6.45, 7) is 5.85. The largest absolute Gasteiger partial charge is 0.389 e. The number of hydrogen-bond acceptors (Lipinski definition) is 4. The zero-order valence-corrected chi connectivity index (χ0v) is 21.7. The summed E-state index contributed by atoms with van der Waals surface area (Å²) >= 11 is 1.75. The summed E-state index contributed by atoms with van der Waals surface area (Å²) in [5.74, 6) is 1.74. The van der Waals surface area contributed by atoms with Gasteiger partial charge in [0.15, 0.2) is 5.79 Å². The summed E-state index contributed by atoms with van der Waals surface area (Å²) in [7, 11) is 0. The first kappa shape index (κ1) is 22.5. The van der Waals surface area contributed by atoms with Crippen LogP contribution in [0.4, 0.5) is 0 Å². The van der Waals surface area contributed by atoms with Gasteiger partial charge in [-0.3, -0.25) is 0 Å². The van der Waals surface area contributed by atoms with Gasteiger partial charge in [0.1, 0.15) is 0 Å². The maximum Gasteiger partial charge on any atom is 0.172 e. The van der Waals surface area contributed by atoms with Gasteiger partial charge in [-0.1, -0.05) is 54.5 Å². The van der Waals surface area contributed by atoms with Crippen LogP contribution in [0, 0.1) is 23.2 Å². The Balaban J connectivity index is 1.28. The SMILES string of the molecule is C[C@]1(O)CC=C2[C@@H]3CC=C4CC5(CC[C@@H]4[C@H]3[C@@H](c3ccc(-c4ccsc4)cc3)C[C@@]21C)OCCO5. The molecule has 184 valence electrons. The summed E-state index contributed by atoms with van der Waals surface area (Å²) in [5, 5.41) is 15.9. The fraction of sp³-hybridized carbons (Fsp3) is 0.548. The summed E-state index contributed by atoms with van der Waals surface area (Å²) in [6.07, 6.45) is 10.9. The van der Waals surface area contributed by atoms with Crippen LogP contribution in [0.3, 0.4) is 0 Å². The zero-order valence-electron chi connectivity index (χ0n) is 20.8. The molecule has 3 nitrogen and oxygen atoms in total. The Kier molecular flexibility index (Phi) is 5.06. The highest BCUT2D eigenvalue weighted by Crippen LogP contribution is 2.66. The van der Waals surface area contributed by atoms with E-state index in [1.807, 2.05) is 0 Å². The predicted octanol–water partition coefficient (Wildman–Crippen LogP) is 7.10. The minimum Gasteiger partial charge on any atom is -0.389 e. The van der Waals surface area contributed by atoms with Crippen LogP contribution in [0.1, 0.15) is 63.9 Å². The van der Waals surface area contributed by atoms with Gasteiger partial charge in [0.05, 0.1) is 18.8 Å². The Morgan fingerprint density at radius 2 is 1.74 bits per heavy atom. The minimum atomic E-state index is -0.672. The maximum absolute atomic E-state index is 11.5. The summed E-state index contributed by atoms with van der Waals surface area (Å²) < 4.78 is 12.3. The second kappa shape index (κ2) is 7.89. The number of fused-ring (bicyclic) bond motifs is 5. The molecule has 0 amide bonds. The van der Waals surface area contributed by atoms with Crippen LogP contribution in [-0.2, 0) is 9.47 Å². The van der Waals surface area contributed by atoms with Crippen molar-refractivity contribution < 1.29 is 14.6 Å². The topological polar surface area (TPSA) is 38.7 Å². The van der Waals surface area contributed by atoms with Crippen molar-refractivity contribution in [2.24, 2.45) is 23.2 Å². The van der Waals surface area contributed by atoms with Gasteiger partial charge in [-0.15, -0.1) is 0 Å². The van der Waals surface area contributed by atoms with Crippen LogP contribution in [0.15, 0.2) is 64.4 Å². The molecule has 0 radical (unpaired) electrons. The number of rotatable bonds is 2. The van der Waals surface area contributed by atoms with Crippen molar-refractivity contribution >= 4 is 11.3 Å². The first-order valence-corrected chi connectivity index (χ1v) is 14.4. The molecule has 1 aliphatic heterocycles.